The quantitative estimate of drug-likeness (QED) is 0.387. The van der Waals surface area contributed by atoms with Crippen molar-refractivity contribution in [2.24, 2.45) is 5.92 Å². The normalized spacial score (nSPS) is 11.8. The van der Waals surface area contributed by atoms with Crippen molar-refractivity contribution in [2.75, 3.05) is 31.6 Å². The van der Waals surface area contributed by atoms with Gasteiger partial charge in [-0.15, -0.1) is 0 Å². The number of hydrogen-bond acceptors (Lipinski definition) is 4. The molecule has 0 aliphatic rings. The van der Waals surface area contributed by atoms with Gasteiger partial charge >= 0.3 is 12.0 Å². The minimum Gasteiger partial charge on any atom is -0.492 e. The van der Waals surface area contributed by atoms with E-state index in [1.165, 1.54) is 0 Å². The Morgan fingerprint density at radius 1 is 1.06 bits per heavy atom. The summed E-state index contributed by atoms with van der Waals surface area (Å²) in [6, 6.07) is 14.9. The predicted octanol–water partition coefficient (Wildman–Crippen LogP) is 5.38. The zero-order valence-corrected chi connectivity index (χ0v) is 20.8. The molecule has 1 atom stereocenters. The monoisotopic (exact) mass is 470 g/mol. The van der Waals surface area contributed by atoms with E-state index < -0.39 is 12.1 Å². The maximum Gasteiger partial charge on any atom is 0.333 e. The highest BCUT2D eigenvalue weighted by atomic mass is 16.5. The van der Waals surface area contributed by atoms with E-state index in [-0.39, 0.29) is 6.03 Å². The van der Waals surface area contributed by atoms with E-state index in [4.69, 9.17) is 9.47 Å². The highest BCUT2D eigenvalue weighted by molar-refractivity contribution is 5.90. The fourth-order valence-electron chi connectivity index (χ4n) is 3.54. The van der Waals surface area contributed by atoms with Gasteiger partial charge in [-0.3, -0.25) is 0 Å². The van der Waals surface area contributed by atoms with Gasteiger partial charge in [-0.05, 0) is 61.9 Å². The summed E-state index contributed by atoms with van der Waals surface area (Å²) in [5, 5.41) is 12.3. The van der Waals surface area contributed by atoms with Gasteiger partial charge in [0.05, 0.1) is 6.54 Å². The second-order valence-electron chi connectivity index (χ2n) is 8.75. The van der Waals surface area contributed by atoms with Crippen molar-refractivity contribution >= 4 is 17.7 Å². The topological polar surface area (TPSA) is 88.1 Å². The highest BCUT2D eigenvalue weighted by Crippen LogP contribution is 2.16. The van der Waals surface area contributed by atoms with Crippen LogP contribution < -0.4 is 10.1 Å². The number of nitrogens with one attached hydrogen (secondary N) is 1. The number of ether oxygens (including phenoxy) is 2. The molecule has 7 heteroatoms. The summed E-state index contributed by atoms with van der Waals surface area (Å²) < 4.78 is 11.1. The standard InChI is InChI=1S/C27H38N2O5/c1-5-33-25(26(30)31)19-22-12-14-23(15-13-22)34-18-17-29(16-8-9-20(2)3)27(32)28-24-11-7-6-10-21(24)4/h6-7,10-15,20,25H,5,8-9,16-19H2,1-4H3,(H,28,32)(H,30,31). The summed E-state index contributed by atoms with van der Waals surface area (Å²) in [6.07, 6.45) is 1.42. The van der Waals surface area contributed by atoms with Crippen molar-refractivity contribution in [3.05, 3.63) is 59.7 Å². The maximum absolute atomic E-state index is 12.9. The number of anilines is 1. The first-order valence-electron chi connectivity index (χ1n) is 12.0. The zero-order valence-electron chi connectivity index (χ0n) is 20.8. The second kappa shape index (κ2) is 14.3. The first kappa shape index (κ1) is 27.2. The molecule has 2 aromatic carbocycles. The van der Waals surface area contributed by atoms with Crippen LogP contribution in [0, 0.1) is 12.8 Å². The molecule has 0 aliphatic heterocycles. The molecule has 186 valence electrons. The minimum absolute atomic E-state index is 0.132. The number of carbonyl (C=O) groups excluding carboxylic acids is 1. The Hall–Kier alpha value is -3.06. The van der Waals surface area contributed by atoms with Crippen LogP contribution in [0.25, 0.3) is 0 Å². The van der Waals surface area contributed by atoms with Crippen LogP contribution in [0.15, 0.2) is 48.5 Å². The van der Waals surface area contributed by atoms with E-state index >= 15 is 0 Å². The van der Waals surface area contributed by atoms with E-state index in [0.717, 1.165) is 29.7 Å². The molecule has 1 unspecified atom stereocenters. The van der Waals surface area contributed by atoms with Crippen molar-refractivity contribution in [3.63, 3.8) is 0 Å². The lowest BCUT2D eigenvalue weighted by Crippen LogP contribution is -2.38. The largest absolute Gasteiger partial charge is 0.492 e. The van der Waals surface area contributed by atoms with Crippen molar-refractivity contribution < 1.29 is 24.2 Å². The van der Waals surface area contributed by atoms with Crippen LogP contribution in [0.5, 0.6) is 5.75 Å². The smallest absolute Gasteiger partial charge is 0.333 e. The van der Waals surface area contributed by atoms with E-state index in [9.17, 15) is 14.7 Å². The van der Waals surface area contributed by atoms with Crippen LogP contribution >= 0.6 is 0 Å². The Labute approximate surface area is 203 Å². The lowest BCUT2D eigenvalue weighted by Gasteiger charge is -2.24. The van der Waals surface area contributed by atoms with Gasteiger partial charge in [0.15, 0.2) is 6.10 Å². The average molecular weight is 471 g/mol. The number of benzene rings is 2. The van der Waals surface area contributed by atoms with E-state index in [2.05, 4.69) is 19.2 Å². The van der Waals surface area contributed by atoms with Gasteiger partial charge in [-0.2, -0.15) is 0 Å². The fraction of sp³-hybridized carbons (Fsp3) is 0.481. The number of rotatable bonds is 14. The number of hydrogen-bond donors (Lipinski definition) is 2. The highest BCUT2D eigenvalue weighted by Gasteiger charge is 2.18. The minimum atomic E-state index is -0.969. The van der Waals surface area contributed by atoms with E-state index in [1.807, 2.05) is 55.5 Å². The number of carbonyl (C=O) groups is 2. The average Bonchev–Trinajstić information content (AvgIpc) is 2.80. The van der Waals surface area contributed by atoms with Crippen molar-refractivity contribution in [3.8, 4) is 5.75 Å². The zero-order chi connectivity index (χ0) is 24.9. The van der Waals surface area contributed by atoms with Crippen LogP contribution in [0.3, 0.4) is 0 Å². The fourth-order valence-corrected chi connectivity index (χ4v) is 3.54. The molecular weight excluding hydrogens is 432 g/mol. The SMILES string of the molecule is CCOC(Cc1ccc(OCCN(CCCC(C)C)C(=O)Nc2ccccc2C)cc1)C(=O)O. The molecule has 2 N–H and O–H groups in total. The Balaban J connectivity index is 1.92. The molecule has 0 fully saturated rings. The van der Waals surface area contributed by atoms with Crippen LogP contribution in [0.1, 0.15) is 44.7 Å². The first-order chi connectivity index (χ1) is 16.3. The number of urea groups is 1. The van der Waals surface area contributed by atoms with Crippen molar-refractivity contribution in [2.45, 2.75) is 53.1 Å². The van der Waals surface area contributed by atoms with E-state index in [1.54, 1.807) is 11.8 Å². The van der Waals surface area contributed by atoms with Crippen molar-refractivity contribution in [1.29, 1.82) is 0 Å². The lowest BCUT2D eigenvalue weighted by molar-refractivity contribution is -0.149. The summed E-state index contributed by atoms with van der Waals surface area (Å²) in [4.78, 5) is 26.0. The Bertz CT molecular complexity index is 898. The molecule has 0 radical (unpaired) electrons. The third-order valence-electron chi connectivity index (χ3n) is 5.50. The molecule has 0 saturated carbocycles. The van der Waals surface area contributed by atoms with Gasteiger partial charge < -0.3 is 24.8 Å². The molecule has 2 rings (SSSR count). The van der Waals surface area contributed by atoms with Gasteiger partial charge in [0.25, 0.3) is 0 Å². The maximum atomic E-state index is 12.9. The molecule has 0 aliphatic carbocycles. The van der Waals surface area contributed by atoms with Gasteiger partial charge in [0, 0.05) is 25.3 Å². The number of aryl methyl sites for hydroxylation is 1. The second-order valence-corrected chi connectivity index (χ2v) is 8.75. The predicted molar refractivity (Wildman–Crippen MR) is 135 cm³/mol. The Kier molecular flexibility index (Phi) is 11.4. The summed E-state index contributed by atoms with van der Waals surface area (Å²) >= 11 is 0. The van der Waals surface area contributed by atoms with Gasteiger partial charge in [-0.1, -0.05) is 44.2 Å². The molecular formula is C27H38N2O5. The molecule has 2 aromatic rings. The third kappa shape index (κ3) is 9.43. The van der Waals surface area contributed by atoms with Crippen molar-refractivity contribution in [1.82, 2.24) is 4.90 Å². The summed E-state index contributed by atoms with van der Waals surface area (Å²) in [5.41, 5.74) is 2.69. The molecule has 0 heterocycles. The number of nitrogens with zero attached hydrogens (tertiary/aromatic N) is 1. The number of amides is 2. The summed E-state index contributed by atoms with van der Waals surface area (Å²) in [6.45, 7) is 9.94. The first-order valence-corrected chi connectivity index (χ1v) is 12.0. The molecule has 0 aromatic heterocycles. The van der Waals surface area contributed by atoms with Crippen LogP contribution in [-0.2, 0) is 16.0 Å². The number of aliphatic carboxylic acids is 1. The number of para-hydroxylation sites is 1. The van der Waals surface area contributed by atoms with Gasteiger partial charge in [0.1, 0.15) is 12.4 Å². The van der Waals surface area contributed by atoms with Crippen LogP contribution in [0.2, 0.25) is 0 Å². The van der Waals surface area contributed by atoms with Gasteiger partial charge in [0.2, 0.25) is 0 Å². The molecule has 2 amide bonds. The summed E-state index contributed by atoms with van der Waals surface area (Å²) in [5.74, 6) is 0.289. The molecule has 7 nitrogen and oxygen atoms in total. The van der Waals surface area contributed by atoms with Crippen LogP contribution in [0.4, 0.5) is 10.5 Å². The molecule has 0 spiro atoms. The molecule has 34 heavy (non-hydrogen) atoms. The Morgan fingerprint density at radius 2 is 1.76 bits per heavy atom. The molecule has 0 bridgehead atoms. The van der Waals surface area contributed by atoms with Gasteiger partial charge in [-0.25, -0.2) is 9.59 Å². The Morgan fingerprint density at radius 3 is 2.38 bits per heavy atom. The van der Waals surface area contributed by atoms with Crippen LogP contribution in [-0.4, -0.2) is 54.4 Å². The third-order valence-corrected chi connectivity index (χ3v) is 5.50. The number of carboxylic acid groups (broad SMARTS) is 1. The van der Waals surface area contributed by atoms with E-state index in [0.29, 0.717) is 44.4 Å². The number of carboxylic acids is 1. The lowest BCUT2D eigenvalue weighted by atomic mass is 10.1. The summed E-state index contributed by atoms with van der Waals surface area (Å²) in [7, 11) is 0. The molecule has 0 saturated heterocycles.